The van der Waals surface area contributed by atoms with Crippen LogP contribution in [0.3, 0.4) is 0 Å². The largest absolute Gasteiger partial charge is 0.428 e. The van der Waals surface area contributed by atoms with Crippen molar-refractivity contribution in [1.29, 1.82) is 0 Å². The zero-order chi connectivity index (χ0) is 18.0. The lowest BCUT2D eigenvalue weighted by atomic mass is 10.1. The molecular weight excluding hydrogens is 320 g/mol. The molecule has 25 heavy (non-hydrogen) atoms. The lowest BCUT2D eigenvalue weighted by Crippen LogP contribution is -2.39. The Labute approximate surface area is 145 Å². The van der Waals surface area contributed by atoms with Crippen LogP contribution in [0.15, 0.2) is 20.2 Å². The van der Waals surface area contributed by atoms with E-state index in [0.717, 1.165) is 19.3 Å². The van der Waals surface area contributed by atoms with Crippen molar-refractivity contribution in [3.63, 3.8) is 0 Å². The van der Waals surface area contributed by atoms with Crippen LogP contribution in [0.25, 0.3) is 17.0 Å². The summed E-state index contributed by atoms with van der Waals surface area (Å²) in [5, 5.41) is 0. The molecule has 0 bridgehead atoms. The Morgan fingerprint density at radius 1 is 1.08 bits per heavy atom. The number of aryl methyl sites for hydroxylation is 2. The second kappa shape index (κ2) is 7.29. The minimum atomic E-state index is -0.319. The van der Waals surface area contributed by atoms with Crippen molar-refractivity contribution in [2.75, 3.05) is 0 Å². The van der Waals surface area contributed by atoms with Gasteiger partial charge in [0.1, 0.15) is 5.76 Å². The molecule has 0 N–H and O–H groups in total. The van der Waals surface area contributed by atoms with E-state index >= 15 is 0 Å². The zero-order valence-electron chi connectivity index (χ0n) is 15.2. The molecule has 0 aliphatic rings. The van der Waals surface area contributed by atoms with Crippen molar-refractivity contribution in [3.05, 3.63) is 32.8 Å². The first-order valence-corrected chi connectivity index (χ1v) is 9.12. The SMILES string of the molecule is CCCCCCCCCn1c(=O)c2c(nc3oc(C)cn32)n(C)c1=O. The molecule has 0 radical (unpaired) electrons. The Morgan fingerprint density at radius 2 is 1.76 bits per heavy atom. The zero-order valence-corrected chi connectivity index (χ0v) is 15.2. The molecule has 3 aromatic heterocycles. The van der Waals surface area contributed by atoms with Gasteiger partial charge in [-0.2, -0.15) is 4.98 Å². The summed E-state index contributed by atoms with van der Waals surface area (Å²) >= 11 is 0. The van der Waals surface area contributed by atoms with E-state index in [4.69, 9.17) is 4.42 Å². The van der Waals surface area contributed by atoms with E-state index in [0.29, 0.717) is 29.3 Å². The molecule has 3 rings (SSSR count). The Bertz CT molecular complexity index is 990. The third-order valence-electron chi connectivity index (χ3n) is 4.69. The van der Waals surface area contributed by atoms with Crippen LogP contribution in [-0.2, 0) is 13.6 Å². The predicted molar refractivity (Wildman–Crippen MR) is 97.2 cm³/mol. The first-order valence-electron chi connectivity index (χ1n) is 9.12. The van der Waals surface area contributed by atoms with E-state index < -0.39 is 0 Å². The minimum absolute atomic E-state index is 0.294. The molecule has 3 heterocycles. The van der Waals surface area contributed by atoms with Gasteiger partial charge in [0.2, 0.25) is 0 Å². The fourth-order valence-corrected chi connectivity index (χ4v) is 3.29. The molecule has 7 heteroatoms. The molecule has 0 amide bonds. The van der Waals surface area contributed by atoms with Gasteiger partial charge in [0.15, 0.2) is 11.2 Å². The highest BCUT2D eigenvalue weighted by molar-refractivity contribution is 5.74. The molecular formula is C18H26N4O3. The van der Waals surface area contributed by atoms with Crippen molar-refractivity contribution in [2.24, 2.45) is 7.05 Å². The van der Waals surface area contributed by atoms with E-state index in [1.807, 2.05) is 0 Å². The maximum absolute atomic E-state index is 12.8. The molecule has 0 unspecified atom stereocenters. The van der Waals surface area contributed by atoms with Gasteiger partial charge in [-0.1, -0.05) is 45.4 Å². The second-order valence-electron chi connectivity index (χ2n) is 6.70. The minimum Gasteiger partial charge on any atom is -0.428 e. The molecule has 0 spiro atoms. The standard InChI is InChI=1S/C18H26N4O3/c1-4-5-6-7-8-9-10-11-21-16(23)14-15(20(3)18(21)24)19-17-22(14)12-13(2)25-17/h12H,4-11H2,1-3H3. The van der Waals surface area contributed by atoms with E-state index in [9.17, 15) is 9.59 Å². The molecule has 7 nitrogen and oxygen atoms in total. The Hall–Kier alpha value is -2.31. The Kier molecular flexibility index (Phi) is 5.11. The Balaban J connectivity index is 1.84. The van der Waals surface area contributed by atoms with Crippen LogP contribution >= 0.6 is 0 Å². The fourth-order valence-electron chi connectivity index (χ4n) is 3.29. The van der Waals surface area contributed by atoms with E-state index in [1.54, 1.807) is 24.6 Å². The number of imidazole rings is 1. The van der Waals surface area contributed by atoms with Crippen LogP contribution in [0.1, 0.15) is 57.6 Å². The van der Waals surface area contributed by atoms with E-state index in [2.05, 4.69) is 11.9 Å². The van der Waals surface area contributed by atoms with Crippen molar-refractivity contribution in [3.8, 4) is 0 Å². The van der Waals surface area contributed by atoms with E-state index in [-0.39, 0.29) is 11.2 Å². The van der Waals surface area contributed by atoms with Gasteiger partial charge in [0, 0.05) is 13.6 Å². The lowest BCUT2D eigenvalue weighted by molar-refractivity contribution is 0.522. The summed E-state index contributed by atoms with van der Waals surface area (Å²) in [4.78, 5) is 29.6. The van der Waals surface area contributed by atoms with Crippen molar-refractivity contribution in [1.82, 2.24) is 18.5 Å². The molecule has 136 valence electrons. The number of fused-ring (bicyclic) bond motifs is 3. The topological polar surface area (TPSA) is 74.4 Å². The second-order valence-corrected chi connectivity index (χ2v) is 6.70. The molecule has 0 aliphatic carbocycles. The summed E-state index contributed by atoms with van der Waals surface area (Å²) in [5.41, 5.74) is 0.153. The van der Waals surface area contributed by atoms with Gasteiger partial charge < -0.3 is 4.42 Å². The molecule has 0 aliphatic heterocycles. The highest BCUT2D eigenvalue weighted by Crippen LogP contribution is 2.15. The van der Waals surface area contributed by atoms with E-state index in [1.165, 1.54) is 34.8 Å². The number of oxazole rings is 1. The number of hydrogen-bond acceptors (Lipinski definition) is 4. The third kappa shape index (κ3) is 3.27. The third-order valence-corrected chi connectivity index (χ3v) is 4.69. The molecule has 3 aromatic rings. The van der Waals surface area contributed by atoms with Gasteiger partial charge in [-0.15, -0.1) is 0 Å². The summed E-state index contributed by atoms with van der Waals surface area (Å²) < 4.78 is 9.86. The van der Waals surface area contributed by atoms with Gasteiger partial charge >= 0.3 is 11.5 Å². The lowest BCUT2D eigenvalue weighted by Gasteiger charge is -2.08. The molecule has 0 atom stereocenters. The van der Waals surface area contributed by atoms with Crippen LogP contribution in [0.5, 0.6) is 0 Å². The summed E-state index contributed by atoms with van der Waals surface area (Å²) in [7, 11) is 1.64. The Morgan fingerprint density at radius 3 is 2.48 bits per heavy atom. The van der Waals surface area contributed by atoms with Gasteiger partial charge in [0.25, 0.3) is 5.56 Å². The highest BCUT2D eigenvalue weighted by atomic mass is 16.4. The first kappa shape index (κ1) is 17.5. The molecule has 0 saturated carbocycles. The summed E-state index contributed by atoms with van der Waals surface area (Å²) in [6, 6.07) is 0. The van der Waals surface area contributed by atoms with Crippen LogP contribution in [0.4, 0.5) is 0 Å². The molecule has 0 aromatic carbocycles. The normalized spacial score (nSPS) is 11.8. The van der Waals surface area contributed by atoms with Crippen LogP contribution in [0, 0.1) is 6.92 Å². The smallest absolute Gasteiger partial charge is 0.332 e. The number of nitrogens with zero attached hydrogens (tertiary/aromatic N) is 4. The molecule has 0 fully saturated rings. The van der Waals surface area contributed by atoms with Gasteiger partial charge in [0.05, 0.1) is 6.20 Å². The number of hydrogen-bond donors (Lipinski definition) is 0. The number of rotatable bonds is 8. The van der Waals surface area contributed by atoms with Crippen LogP contribution < -0.4 is 11.2 Å². The average Bonchev–Trinajstić information content (AvgIpc) is 3.10. The van der Waals surface area contributed by atoms with Gasteiger partial charge in [-0.3, -0.25) is 18.3 Å². The number of unbranched alkanes of at least 4 members (excludes halogenated alkanes) is 6. The maximum atomic E-state index is 12.8. The molecule has 0 saturated heterocycles. The van der Waals surface area contributed by atoms with Gasteiger partial charge in [-0.25, -0.2) is 4.79 Å². The first-order chi connectivity index (χ1) is 12.0. The quantitative estimate of drug-likeness (QED) is 0.588. The fraction of sp³-hybridized carbons (Fsp3) is 0.611. The maximum Gasteiger partial charge on any atom is 0.332 e. The summed E-state index contributed by atoms with van der Waals surface area (Å²) in [6.07, 6.45) is 9.73. The van der Waals surface area contributed by atoms with Crippen molar-refractivity contribution in [2.45, 2.75) is 65.3 Å². The van der Waals surface area contributed by atoms with Crippen LogP contribution in [0.2, 0.25) is 0 Å². The highest BCUT2D eigenvalue weighted by Gasteiger charge is 2.18. The van der Waals surface area contributed by atoms with Crippen molar-refractivity contribution >= 4 is 17.0 Å². The monoisotopic (exact) mass is 346 g/mol. The van der Waals surface area contributed by atoms with Crippen LogP contribution in [-0.4, -0.2) is 18.5 Å². The average molecular weight is 346 g/mol. The van der Waals surface area contributed by atoms with Crippen molar-refractivity contribution < 1.29 is 4.42 Å². The van der Waals surface area contributed by atoms with Gasteiger partial charge in [-0.05, 0) is 13.3 Å². The predicted octanol–water partition coefficient (Wildman–Crippen LogP) is 3.00. The number of aromatic nitrogens is 4. The summed E-state index contributed by atoms with van der Waals surface area (Å²) in [5.74, 6) is 1.02. The summed E-state index contributed by atoms with van der Waals surface area (Å²) in [6.45, 7) is 4.45.